The normalized spacial score (nSPS) is 14.2. The maximum absolute atomic E-state index is 6.14. The molecule has 3 nitrogen and oxygen atoms in total. The standard InChI is InChI=1S/C20H25ClN2O.2ClH/c21-20-4-2-1-3-18(20)15-24-19-7-5-16(6-8-19)13-23-14-17-9-11-22-12-10-17;;/h1-8,17,22-23H,9-15H2;2*1H/p-2. The molecule has 3 rings (SSSR count). The minimum absolute atomic E-state index is 0. The fraction of sp³-hybridized carbons (Fsp3) is 0.400. The van der Waals surface area contributed by atoms with E-state index in [-0.39, 0.29) is 24.8 Å². The van der Waals surface area contributed by atoms with Crippen molar-refractivity contribution in [3.8, 4) is 5.75 Å². The third kappa shape index (κ3) is 7.34. The lowest BCUT2D eigenvalue weighted by atomic mass is 9.98. The van der Waals surface area contributed by atoms with Gasteiger partial charge in [0.25, 0.3) is 0 Å². The third-order valence-corrected chi connectivity index (χ3v) is 4.87. The van der Waals surface area contributed by atoms with Gasteiger partial charge in [0, 0.05) is 17.1 Å². The zero-order valence-corrected chi connectivity index (χ0v) is 17.0. The van der Waals surface area contributed by atoms with Crippen molar-refractivity contribution in [3.63, 3.8) is 0 Å². The van der Waals surface area contributed by atoms with Gasteiger partial charge in [-0.25, -0.2) is 0 Å². The Morgan fingerprint density at radius 2 is 1.69 bits per heavy atom. The predicted molar refractivity (Wildman–Crippen MR) is 99.5 cm³/mol. The summed E-state index contributed by atoms with van der Waals surface area (Å²) >= 11 is 6.14. The first-order valence-electron chi connectivity index (χ1n) is 8.68. The van der Waals surface area contributed by atoms with E-state index in [0.29, 0.717) is 6.61 Å². The number of hydrogen-bond donors (Lipinski definition) is 2. The maximum atomic E-state index is 6.14. The molecule has 1 heterocycles. The van der Waals surface area contributed by atoms with Gasteiger partial charge in [-0.3, -0.25) is 0 Å². The number of benzene rings is 2. The van der Waals surface area contributed by atoms with Crippen molar-refractivity contribution >= 4 is 11.6 Å². The molecule has 0 aliphatic carbocycles. The van der Waals surface area contributed by atoms with Crippen molar-refractivity contribution in [2.24, 2.45) is 5.92 Å². The summed E-state index contributed by atoms with van der Waals surface area (Å²) < 4.78 is 5.82. The molecule has 0 atom stereocenters. The number of piperidine rings is 1. The number of ether oxygens (including phenoxy) is 1. The molecule has 0 aromatic heterocycles. The minimum atomic E-state index is 0. The first-order chi connectivity index (χ1) is 11.8. The van der Waals surface area contributed by atoms with Crippen molar-refractivity contribution in [1.29, 1.82) is 0 Å². The van der Waals surface area contributed by atoms with Gasteiger partial charge in [0.1, 0.15) is 12.4 Å². The number of nitrogens with one attached hydrogen (secondary N) is 2. The highest BCUT2D eigenvalue weighted by Gasteiger charge is 2.11. The van der Waals surface area contributed by atoms with Crippen molar-refractivity contribution < 1.29 is 29.6 Å². The Bertz CT molecular complexity index is 631. The van der Waals surface area contributed by atoms with E-state index in [4.69, 9.17) is 16.3 Å². The Kier molecular flexibility index (Phi) is 11.0. The van der Waals surface area contributed by atoms with Crippen LogP contribution in [0.2, 0.25) is 5.02 Å². The molecule has 1 saturated heterocycles. The highest BCUT2D eigenvalue weighted by molar-refractivity contribution is 6.31. The van der Waals surface area contributed by atoms with Crippen LogP contribution in [0.15, 0.2) is 48.5 Å². The van der Waals surface area contributed by atoms with Crippen LogP contribution in [0.4, 0.5) is 0 Å². The fourth-order valence-corrected chi connectivity index (χ4v) is 3.18. The smallest absolute Gasteiger partial charge is 0.119 e. The van der Waals surface area contributed by atoms with Gasteiger partial charge in [0.2, 0.25) is 0 Å². The minimum Gasteiger partial charge on any atom is -1.00 e. The number of halogens is 3. The highest BCUT2D eigenvalue weighted by atomic mass is 35.5. The second-order valence-corrected chi connectivity index (χ2v) is 6.76. The van der Waals surface area contributed by atoms with Gasteiger partial charge in [-0.1, -0.05) is 41.9 Å². The molecule has 144 valence electrons. The molecule has 2 N–H and O–H groups in total. The van der Waals surface area contributed by atoms with Gasteiger partial charge in [-0.2, -0.15) is 0 Å². The van der Waals surface area contributed by atoms with Crippen molar-refractivity contribution in [1.82, 2.24) is 10.6 Å². The average Bonchev–Trinajstić information content (AvgIpc) is 2.63. The Hall–Kier alpha value is -0.970. The first-order valence-corrected chi connectivity index (χ1v) is 9.05. The Morgan fingerprint density at radius 1 is 1.00 bits per heavy atom. The molecule has 2 aromatic carbocycles. The average molecular weight is 416 g/mol. The second kappa shape index (κ2) is 12.4. The summed E-state index contributed by atoms with van der Waals surface area (Å²) in [5.74, 6) is 1.68. The molecule has 1 aliphatic rings. The summed E-state index contributed by atoms with van der Waals surface area (Å²) in [5, 5.41) is 7.72. The largest absolute Gasteiger partial charge is 1.00 e. The first kappa shape index (κ1) is 23.1. The number of hydrogen-bond acceptors (Lipinski definition) is 3. The van der Waals surface area contributed by atoms with Crippen LogP contribution < -0.4 is 40.2 Å². The Labute approximate surface area is 173 Å². The molecular formula is C20H25Cl3N2O-2. The second-order valence-electron chi connectivity index (χ2n) is 6.35. The van der Waals surface area contributed by atoms with Crippen molar-refractivity contribution in [3.05, 3.63) is 64.7 Å². The van der Waals surface area contributed by atoms with E-state index in [1.165, 1.54) is 18.4 Å². The third-order valence-electron chi connectivity index (χ3n) is 4.50. The van der Waals surface area contributed by atoms with Gasteiger partial charge >= 0.3 is 0 Å². The zero-order valence-electron chi connectivity index (χ0n) is 14.7. The van der Waals surface area contributed by atoms with E-state index in [9.17, 15) is 0 Å². The lowest BCUT2D eigenvalue weighted by Gasteiger charge is -2.22. The van der Waals surface area contributed by atoms with E-state index in [1.807, 2.05) is 36.4 Å². The Morgan fingerprint density at radius 3 is 2.38 bits per heavy atom. The molecule has 0 amide bonds. The fourth-order valence-electron chi connectivity index (χ4n) is 2.99. The van der Waals surface area contributed by atoms with Gasteiger partial charge in [0.15, 0.2) is 0 Å². The van der Waals surface area contributed by atoms with Crippen LogP contribution in [-0.4, -0.2) is 19.6 Å². The zero-order chi connectivity index (χ0) is 16.6. The van der Waals surface area contributed by atoms with Crippen LogP contribution in [0.1, 0.15) is 24.0 Å². The summed E-state index contributed by atoms with van der Waals surface area (Å²) in [7, 11) is 0. The van der Waals surface area contributed by atoms with Gasteiger partial charge in [-0.15, -0.1) is 0 Å². The van der Waals surface area contributed by atoms with E-state index < -0.39 is 0 Å². The van der Waals surface area contributed by atoms with Crippen molar-refractivity contribution in [2.45, 2.75) is 26.0 Å². The van der Waals surface area contributed by atoms with Crippen LogP contribution in [0.25, 0.3) is 0 Å². The van der Waals surface area contributed by atoms with E-state index in [2.05, 4.69) is 22.8 Å². The van der Waals surface area contributed by atoms with Crippen LogP contribution in [0.3, 0.4) is 0 Å². The molecule has 1 fully saturated rings. The van der Waals surface area contributed by atoms with Gasteiger partial charge in [0.05, 0.1) is 0 Å². The molecule has 1 aliphatic heterocycles. The van der Waals surface area contributed by atoms with Crippen LogP contribution in [0.5, 0.6) is 5.75 Å². The molecule has 0 saturated carbocycles. The van der Waals surface area contributed by atoms with E-state index in [0.717, 1.165) is 48.4 Å². The predicted octanol–water partition coefficient (Wildman–Crippen LogP) is -1.98. The number of rotatable bonds is 7. The highest BCUT2D eigenvalue weighted by Crippen LogP contribution is 2.19. The molecule has 26 heavy (non-hydrogen) atoms. The molecule has 2 aromatic rings. The van der Waals surface area contributed by atoms with Crippen molar-refractivity contribution in [2.75, 3.05) is 19.6 Å². The maximum Gasteiger partial charge on any atom is 0.119 e. The quantitative estimate of drug-likeness (QED) is 0.550. The summed E-state index contributed by atoms with van der Waals surface area (Å²) in [6, 6.07) is 16.1. The van der Waals surface area contributed by atoms with Gasteiger partial charge < -0.3 is 40.2 Å². The molecule has 0 bridgehead atoms. The monoisotopic (exact) mass is 414 g/mol. The van der Waals surface area contributed by atoms with Crippen LogP contribution in [0, 0.1) is 5.92 Å². The lowest BCUT2D eigenvalue weighted by molar-refractivity contribution is -0.001000. The molecule has 6 heteroatoms. The summed E-state index contributed by atoms with van der Waals surface area (Å²) in [6.07, 6.45) is 2.56. The van der Waals surface area contributed by atoms with Gasteiger partial charge in [-0.05, 0) is 62.2 Å². The van der Waals surface area contributed by atoms with E-state index in [1.54, 1.807) is 0 Å². The lowest BCUT2D eigenvalue weighted by Crippen LogP contribution is -3.00. The summed E-state index contributed by atoms with van der Waals surface area (Å²) in [4.78, 5) is 0. The van der Waals surface area contributed by atoms with E-state index >= 15 is 0 Å². The van der Waals surface area contributed by atoms with Crippen LogP contribution >= 0.6 is 11.6 Å². The molecule has 0 radical (unpaired) electrons. The molecule has 0 unspecified atom stereocenters. The topological polar surface area (TPSA) is 33.3 Å². The summed E-state index contributed by atoms with van der Waals surface area (Å²) in [6.45, 7) is 4.82. The SMILES string of the molecule is Clc1ccccc1COc1ccc(CNCC2CCNCC2)cc1.[Cl-].[Cl-]. The van der Waals surface area contributed by atoms with Crippen LogP contribution in [-0.2, 0) is 13.2 Å². The summed E-state index contributed by atoms with van der Waals surface area (Å²) in [5.41, 5.74) is 2.29. The molecule has 0 spiro atoms. The molecular weight excluding hydrogens is 391 g/mol. The Balaban J connectivity index is 0.00000169.